The molecular formula is C20H26N2O3S. The quantitative estimate of drug-likeness (QED) is 0.807. The Hall–Kier alpha value is -2.34. The number of carbonyl (C=O) groups excluding carboxylic acids is 1. The molecule has 0 spiro atoms. The van der Waals surface area contributed by atoms with Crippen LogP contribution in [-0.4, -0.2) is 26.6 Å². The summed E-state index contributed by atoms with van der Waals surface area (Å²) in [6, 6.07) is 14.4. The molecule has 1 atom stereocenters. The van der Waals surface area contributed by atoms with Gasteiger partial charge < -0.3 is 5.32 Å². The van der Waals surface area contributed by atoms with Crippen LogP contribution in [0.1, 0.15) is 41.8 Å². The fraction of sp³-hybridized carbons (Fsp3) is 0.350. The molecule has 0 bridgehead atoms. The molecule has 6 heteroatoms. The molecule has 0 radical (unpaired) electrons. The van der Waals surface area contributed by atoms with E-state index in [0.717, 1.165) is 17.5 Å². The summed E-state index contributed by atoms with van der Waals surface area (Å²) in [4.78, 5) is 12.2. The van der Waals surface area contributed by atoms with E-state index >= 15 is 0 Å². The van der Waals surface area contributed by atoms with Crippen molar-refractivity contribution in [3.05, 3.63) is 65.2 Å². The molecule has 2 aromatic carbocycles. The first-order chi connectivity index (χ1) is 12.2. The summed E-state index contributed by atoms with van der Waals surface area (Å²) in [5.41, 5.74) is 3.02. The number of hydrogen-bond donors (Lipinski definition) is 1. The van der Waals surface area contributed by atoms with Crippen LogP contribution in [0.3, 0.4) is 0 Å². The third kappa shape index (κ3) is 5.08. The average molecular weight is 375 g/mol. The number of amides is 1. The van der Waals surface area contributed by atoms with Gasteiger partial charge in [-0.3, -0.25) is 9.10 Å². The van der Waals surface area contributed by atoms with E-state index in [-0.39, 0.29) is 18.5 Å². The number of rotatable bonds is 7. The third-order valence-electron chi connectivity index (χ3n) is 4.38. The van der Waals surface area contributed by atoms with Gasteiger partial charge in [-0.25, -0.2) is 8.42 Å². The SMILES string of the molecule is CC[C@H](C)NC(=O)c1ccc(N(Cc2ccccc2C)S(C)(=O)=O)cc1. The topological polar surface area (TPSA) is 66.5 Å². The number of nitrogens with one attached hydrogen (secondary N) is 1. The zero-order chi connectivity index (χ0) is 19.3. The summed E-state index contributed by atoms with van der Waals surface area (Å²) < 4.78 is 25.9. The average Bonchev–Trinajstić information content (AvgIpc) is 2.60. The van der Waals surface area contributed by atoms with Gasteiger partial charge in [0.2, 0.25) is 10.0 Å². The lowest BCUT2D eigenvalue weighted by atomic mass is 10.1. The van der Waals surface area contributed by atoms with Crippen LogP contribution < -0.4 is 9.62 Å². The van der Waals surface area contributed by atoms with Gasteiger partial charge in [0.15, 0.2) is 0 Å². The molecule has 140 valence electrons. The number of sulfonamides is 1. The van der Waals surface area contributed by atoms with E-state index in [0.29, 0.717) is 11.3 Å². The van der Waals surface area contributed by atoms with Crippen molar-refractivity contribution in [3.63, 3.8) is 0 Å². The van der Waals surface area contributed by atoms with Crippen molar-refractivity contribution in [3.8, 4) is 0 Å². The molecule has 5 nitrogen and oxygen atoms in total. The van der Waals surface area contributed by atoms with Crippen molar-refractivity contribution in [1.29, 1.82) is 0 Å². The maximum absolute atomic E-state index is 12.3. The van der Waals surface area contributed by atoms with Gasteiger partial charge in [-0.1, -0.05) is 31.2 Å². The van der Waals surface area contributed by atoms with Crippen LogP contribution in [0.15, 0.2) is 48.5 Å². The van der Waals surface area contributed by atoms with Crippen LogP contribution in [0.5, 0.6) is 0 Å². The second-order valence-corrected chi connectivity index (χ2v) is 8.43. The first-order valence-electron chi connectivity index (χ1n) is 8.65. The van der Waals surface area contributed by atoms with Crippen molar-refractivity contribution in [2.45, 2.75) is 39.8 Å². The van der Waals surface area contributed by atoms with Gasteiger partial charge in [0, 0.05) is 11.6 Å². The standard InChI is InChI=1S/C20H26N2O3S/c1-5-16(3)21-20(23)17-10-12-19(13-11-17)22(26(4,24)25)14-18-9-7-6-8-15(18)2/h6-13,16H,5,14H2,1-4H3,(H,21,23)/t16-/m0/s1. The monoisotopic (exact) mass is 374 g/mol. The number of aryl methyl sites for hydroxylation is 1. The Morgan fingerprint density at radius 2 is 1.73 bits per heavy atom. The van der Waals surface area contributed by atoms with Crippen molar-refractivity contribution in [2.24, 2.45) is 0 Å². The molecule has 0 aromatic heterocycles. The lowest BCUT2D eigenvalue weighted by Gasteiger charge is -2.23. The largest absolute Gasteiger partial charge is 0.350 e. The Bertz CT molecular complexity index is 861. The minimum Gasteiger partial charge on any atom is -0.350 e. The van der Waals surface area contributed by atoms with Crippen LogP contribution in [0.4, 0.5) is 5.69 Å². The van der Waals surface area contributed by atoms with Crippen LogP contribution in [0.25, 0.3) is 0 Å². The number of anilines is 1. The van der Waals surface area contributed by atoms with Gasteiger partial charge in [-0.2, -0.15) is 0 Å². The lowest BCUT2D eigenvalue weighted by molar-refractivity contribution is 0.0939. The minimum atomic E-state index is -3.46. The minimum absolute atomic E-state index is 0.0933. The van der Waals surface area contributed by atoms with E-state index in [1.807, 2.05) is 45.0 Å². The molecule has 26 heavy (non-hydrogen) atoms. The van der Waals surface area contributed by atoms with Crippen LogP contribution >= 0.6 is 0 Å². The highest BCUT2D eigenvalue weighted by Crippen LogP contribution is 2.22. The molecule has 2 rings (SSSR count). The van der Waals surface area contributed by atoms with Gasteiger partial charge in [0.25, 0.3) is 5.91 Å². The zero-order valence-electron chi connectivity index (χ0n) is 15.7. The maximum Gasteiger partial charge on any atom is 0.251 e. The Balaban J connectivity index is 2.27. The van der Waals surface area contributed by atoms with Crippen molar-refractivity contribution in [1.82, 2.24) is 5.32 Å². The van der Waals surface area contributed by atoms with E-state index in [1.165, 1.54) is 10.6 Å². The smallest absolute Gasteiger partial charge is 0.251 e. The summed E-state index contributed by atoms with van der Waals surface area (Å²) in [6.45, 7) is 6.16. The predicted molar refractivity (Wildman–Crippen MR) is 106 cm³/mol. The summed E-state index contributed by atoms with van der Waals surface area (Å²) in [5.74, 6) is -0.157. The van der Waals surface area contributed by atoms with E-state index in [2.05, 4.69) is 5.32 Å². The maximum atomic E-state index is 12.3. The Kier molecular flexibility index (Phi) is 6.42. The lowest BCUT2D eigenvalue weighted by Crippen LogP contribution is -2.32. The van der Waals surface area contributed by atoms with Gasteiger partial charge in [0.1, 0.15) is 0 Å². The first-order valence-corrected chi connectivity index (χ1v) is 10.5. The molecule has 0 aliphatic heterocycles. The van der Waals surface area contributed by atoms with Gasteiger partial charge in [-0.15, -0.1) is 0 Å². The number of benzene rings is 2. The van der Waals surface area contributed by atoms with E-state index < -0.39 is 10.0 Å². The molecule has 0 fully saturated rings. The van der Waals surface area contributed by atoms with Crippen LogP contribution in [0, 0.1) is 6.92 Å². The van der Waals surface area contributed by atoms with Gasteiger partial charge in [0.05, 0.1) is 18.5 Å². The molecule has 0 unspecified atom stereocenters. The molecule has 0 heterocycles. The number of hydrogen-bond acceptors (Lipinski definition) is 3. The Labute approximate surface area is 156 Å². The normalized spacial score (nSPS) is 12.5. The summed E-state index contributed by atoms with van der Waals surface area (Å²) in [7, 11) is -3.46. The van der Waals surface area contributed by atoms with Crippen molar-refractivity contribution in [2.75, 3.05) is 10.6 Å². The molecule has 1 amide bonds. The number of nitrogens with zero attached hydrogens (tertiary/aromatic N) is 1. The molecule has 0 saturated heterocycles. The fourth-order valence-corrected chi connectivity index (χ4v) is 3.41. The van der Waals surface area contributed by atoms with Crippen LogP contribution in [-0.2, 0) is 16.6 Å². The van der Waals surface area contributed by atoms with Crippen molar-refractivity contribution >= 4 is 21.6 Å². The highest BCUT2D eigenvalue weighted by Gasteiger charge is 2.19. The Morgan fingerprint density at radius 3 is 2.27 bits per heavy atom. The Morgan fingerprint density at radius 1 is 1.12 bits per heavy atom. The molecular weight excluding hydrogens is 348 g/mol. The summed E-state index contributed by atoms with van der Waals surface area (Å²) in [6.07, 6.45) is 2.04. The van der Waals surface area contributed by atoms with E-state index in [9.17, 15) is 13.2 Å². The zero-order valence-corrected chi connectivity index (χ0v) is 16.5. The first kappa shape index (κ1) is 20.0. The predicted octanol–water partition coefficient (Wildman–Crippen LogP) is 3.49. The second-order valence-electron chi connectivity index (χ2n) is 6.53. The fourth-order valence-electron chi connectivity index (χ4n) is 2.53. The summed E-state index contributed by atoms with van der Waals surface area (Å²) in [5, 5.41) is 2.90. The molecule has 0 saturated carbocycles. The van der Waals surface area contributed by atoms with E-state index in [4.69, 9.17) is 0 Å². The van der Waals surface area contributed by atoms with Crippen LogP contribution in [0.2, 0.25) is 0 Å². The third-order valence-corrected chi connectivity index (χ3v) is 5.52. The second kappa shape index (κ2) is 8.36. The van der Waals surface area contributed by atoms with Gasteiger partial charge in [-0.05, 0) is 55.7 Å². The number of carbonyl (C=O) groups is 1. The highest BCUT2D eigenvalue weighted by molar-refractivity contribution is 7.92. The van der Waals surface area contributed by atoms with Gasteiger partial charge >= 0.3 is 0 Å². The summed E-state index contributed by atoms with van der Waals surface area (Å²) >= 11 is 0. The highest BCUT2D eigenvalue weighted by atomic mass is 32.2. The van der Waals surface area contributed by atoms with Crippen molar-refractivity contribution < 1.29 is 13.2 Å². The molecule has 1 N–H and O–H groups in total. The molecule has 2 aromatic rings. The van der Waals surface area contributed by atoms with E-state index in [1.54, 1.807) is 24.3 Å². The molecule has 0 aliphatic carbocycles. The molecule has 0 aliphatic rings.